The maximum absolute atomic E-state index is 12.1. The van der Waals surface area contributed by atoms with Crippen molar-refractivity contribution in [3.63, 3.8) is 0 Å². The molecule has 0 fully saturated rings. The Morgan fingerprint density at radius 2 is 2.00 bits per heavy atom. The van der Waals surface area contributed by atoms with Crippen LogP contribution in [0.4, 0.5) is 5.69 Å². The van der Waals surface area contributed by atoms with Crippen molar-refractivity contribution in [3.8, 4) is 0 Å². The predicted molar refractivity (Wildman–Crippen MR) is 138 cm³/mol. The molecule has 0 unspecified atom stereocenters. The van der Waals surface area contributed by atoms with E-state index in [1.165, 1.54) is 54.0 Å². The minimum Gasteiger partial charge on any atom is -0.335 e. The van der Waals surface area contributed by atoms with Crippen LogP contribution in [0.1, 0.15) is 50.5 Å². The van der Waals surface area contributed by atoms with Crippen LogP contribution in [0, 0.1) is 0 Å². The first-order valence-electron chi connectivity index (χ1n) is 11.2. The second-order valence-electron chi connectivity index (χ2n) is 7.76. The highest BCUT2D eigenvalue weighted by molar-refractivity contribution is 8.03. The molecule has 0 radical (unpaired) electrons. The Labute approximate surface area is 207 Å². The maximum Gasteiger partial charge on any atom is 0.368 e. The molecule has 8 heteroatoms. The van der Waals surface area contributed by atoms with E-state index in [0.29, 0.717) is 21.3 Å². The van der Waals surface area contributed by atoms with Crippen molar-refractivity contribution in [1.82, 2.24) is 4.98 Å². The number of hydrogen-bond donors (Lipinski definition) is 0. The Bertz CT molecular complexity index is 1110. The molecule has 0 spiro atoms. The van der Waals surface area contributed by atoms with Crippen molar-refractivity contribution in [1.29, 1.82) is 0 Å². The smallest absolute Gasteiger partial charge is 0.335 e. The first kappa shape index (κ1) is 23.8. The van der Waals surface area contributed by atoms with Crippen molar-refractivity contribution in [2.45, 2.75) is 50.3 Å². The van der Waals surface area contributed by atoms with Gasteiger partial charge in [-0.25, -0.2) is 9.78 Å². The van der Waals surface area contributed by atoms with E-state index in [2.05, 4.69) is 46.2 Å². The van der Waals surface area contributed by atoms with Crippen LogP contribution in [0.2, 0.25) is 0 Å². The molecule has 2 aromatic rings. The van der Waals surface area contributed by atoms with Gasteiger partial charge in [0.1, 0.15) is 5.01 Å². The summed E-state index contributed by atoms with van der Waals surface area (Å²) in [6, 6.07) is 8.46. The molecule has 0 bridgehead atoms. The van der Waals surface area contributed by atoms with Gasteiger partial charge in [0.05, 0.1) is 16.3 Å². The number of oxime groups is 1. The molecule has 1 aromatic heterocycles. The van der Waals surface area contributed by atoms with E-state index in [4.69, 9.17) is 16.4 Å². The summed E-state index contributed by atoms with van der Waals surface area (Å²) in [5, 5.41) is 7.87. The van der Waals surface area contributed by atoms with Crippen LogP contribution in [0.3, 0.4) is 0 Å². The van der Waals surface area contributed by atoms with Crippen LogP contribution >= 0.6 is 34.7 Å². The molecule has 0 saturated carbocycles. The third-order valence-corrected chi connectivity index (χ3v) is 7.51. The number of fused-ring (bicyclic) bond motifs is 1. The molecule has 0 aliphatic carbocycles. The predicted octanol–water partition coefficient (Wildman–Crippen LogP) is 7.27. The zero-order valence-electron chi connectivity index (χ0n) is 18.5. The maximum atomic E-state index is 12.1. The molecule has 0 N–H and O–H groups in total. The summed E-state index contributed by atoms with van der Waals surface area (Å²) in [6.45, 7) is 3.22. The largest absolute Gasteiger partial charge is 0.368 e. The first-order valence-corrected chi connectivity index (χ1v) is 13.3. The Hall–Kier alpha value is -2.35. The van der Waals surface area contributed by atoms with Crippen LogP contribution in [-0.2, 0) is 9.63 Å². The average Bonchev–Trinajstić information content (AvgIpc) is 3.55. The number of carbonyl (C=O) groups is 1. The van der Waals surface area contributed by atoms with E-state index >= 15 is 0 Å². The number of nitrogens with zero attached hydrogens (tertiary/aromatic N) is 3. The van der Waals surface area contributed by atoms with Crippen LogP contribution in [0.15, 0.2) is 79.8 Å². The second-order valence-corrected chi connectivity index (χ2v) is 10.2. The highest BCUT2D eigenvalue weighted by atomic mass is 35.5. The monoisotopic (exact) mass is 499 g/mol. The van der Waals surface area contributed by atoms with Crippen LogP contribution in [0.5, 0.6) is 0 Å². The Morgan fingerprint density at radius 3 is 2.82 bits per heavy atom. The second kappa shape index (κ2) is 11.7. The summed E-state index contributed by atoms with van der Waals surface area (Å²) in [5.41, 5.74) is 1.97. The Kier molecular flexibility index (Phi) is 8.42. The quantitative estimate of drug-likeness (QED) is 0.195. The van der Waals surface area contributed by atoms with Crippen LogP contribution in [0.25, 0.3) is 0 Å². The fraction of sp³-hybridized carbons (Fsp3) is 0.320. The molecule has 1 aromatic carbocycles. The standard InChI is InChI=1S/C25H26ClN3O2S2/c1-2-3-4-5-6-9-15-29-20-10-7-8-11-21(20)33-22(29)13-12-18(26)17-19-23(28-31-25(19)30)24-27-14-16-32-24/h7-8,10-14,16-17H,2-6,9,15H2,1H3/b18-12-,19-17-,22-13-. The number of anilines is 1. The van der Waals surface area contributed by atoms with Gasteiger partial charge in [0, 0.05) is 28.0 Å². The van der Waals surface area contributed by atoms with Crippen molar-refractivity contribution in [3.05, 3.63) is 74.7 Å². The van der Waals surface area contributed by atoms with E-state index in [9.17, 15) is 4.79 Å². The van der Waals surface area contributed by atoms with Gasteiger partial charge in [0.2, 0.25) is 0 Å². The number of unbranched alkanes of at least 4 members (excludes halogenated alkanes) is 5. The normalized spacial score (nSPS) is 18.2. The molecule has 2 aliphatic heterocycles. The van der Waals surface area contributed by atoms with Gasteiger partial charge >= 0.3 is 5.97 Å². The summed E-state index contributed by atoms with van der Waals surface area (Å²) >= 11 is 9.63. The number of para-hydroxylation sites is 1. The number of rotatable bonds is 10. The molecule has 2 aliphatic rings. The number of aromatic nitrogens is 1. The summed E-state index contributed by atoms with van der Waals surface area (Å²) in [7, 11) is 0. The Balaban J connectivity index is 1.48. The fourth-order valence-corrected chi connectivity index (χ4v) is 5.59. The number of allylic oxidation sites excluding steroid dienone is 4. The summed E-state index contributed by atoms with van der Waals surface area (Å²) in [6.07, 6.45) is 14.7. The summed E-state index contributed by atoms with van der Waals surface area (Å²) in [4.78, 5) is 24.8. The number of thioether (sulfide) groups is 1. The van der Waals surface area contributed by atoms with Crippen molar-refractivity contribution in [2.24, 2.45) is 5.16 Å². The van der Waals surface area contributed by atoms with Gasteiger partial charge in [0.15, 0.2) is 5.71 Å². The van der Waals surface area contributed by atoms with Gasteiger partial charge in [-0.1, -0.05) is 79.7 Å². The molecule has 4 rings (SSSR count). The molecule has 33 heavy (non-hydrogen) atoms. The molecule has 0 amide bonds. The third-order valence-electron chi connectivity index (χ3n) is 5.37. The molecule has 5 nitrogen and oxygen atoms in total. The highest BCUT2D eigenvalue weighted by Crippen LogP contribution is 2.46. The lowest BCUT2D eigenvalue weighted by molar-refractivity contribution is -0.136. The zero-order chi connectivity index (χ0) is 23.0. The molecule has 0 atom stereocenters. The average molecular weight is 500 g/mol. The van der Waals surface area contributed by atoms with Gasteiger partial charge in [-0.15, -0.1) is 11.3 Å². The lowest BCUT2D eigenvalue weighted by atomic mass is 10.1. The molecule has 172 valence electrons. The van der Waals surface area contributed by atoms with E-state index in [1.807, 2.05) is 17.5 Å². The highest BCUT2D eigenvalue weighted by Gasteiger charge is 2.28. The van der Waals surface area contributed by atoms with Crippen molar-refractivity contribution >= 4 is 52.1 Å². The van der Waals surface area contributed by atoms with Crippen LogP contribution < -0.4 is 4.90 Å². The minimum atomic E-state index is -0.522. The number of thiazole rings is 1. The SMILES string of the molecule is CCCCCCCCN1/C(=C/C=C(Cl)/C=C2\C(=O)ON=C2c2nccs2)Sc2ccccc21. The topological polar surface area (TPSA) is 54.8 Å². The number of benzene rings is 1. The lowest BCUT2D eigenvalue weighted by Crippen LogP contribution is -2.18. The van der Waals surface area contributed by atoms with Gasteiger partial charge < -0.3 is 9.74 Å². The van der Waals surface area contributed by atoms with Gasteiger partial charge in [-0.05, 0) is 36.8 Å². The number of hydrogen-bond acceptors (Lipinski definition) is 7. The number of carbonyl (C=O) groups excluding carboxylic acids is 1. The minimum absolute atomic E-state index is 0.316. The Morgan fingerprint density at radius 1 is 1.18 bits per heavy atom. The summed E-state index contributed by atoms with van der Waals surface area (Å²) in [5.74, 6) is -0.522. The van der Waals surface area contributed by atoms with Gasteiger partial charge in [-0.3, -0.25) is 0 Å². The lowest BCUT2D eigenvalue weighted by Gasteiger charge is -2.20. The van der Waals surface area contributed by atoms with Crippen molar-refractivity contribution in [2.75, 3.05) is 11.4 Å². The van der Waals surface area contributed by atoms with E-state index in [-0.39, 0.29) is 0 Å². The van der Waals surface area contributed by atoms with E-state index in [0.717, 1.165) is 18.0 Å². The zero-order valence-corrected chi connectivity index (χ0v) is 20.9. The van der Waals surface area contributed by atoms with Crippen molar-refractivity contribution < 1.29 is 9.63 Å². The molecule has 0 saturated heterocycles. The van der Waals surface area contributed by atoms with Gasteiger partial charge in [0.25, 0.3) is 0 Å². The fourth-order valence-electron chi connectivity index (χ4n) is 3.70. The van der Waals surface area contributed by atoms with Crippen LogP contribution in [-0.4, -0.2) is 23.2 Å². The third kappa shape index (κ3) is 5.96. The number of halogens is 1. The van der Waals surface area contributed by atoms with E-state index in [1.54, 1.807) is 24.0 Å². The van der Waals surface area contributed by atoms with E-state index < -0.39 is 5.97 Å². The summed E-state index contributed by atoms with van der Waals surface area (Å²) < 4.78 is 0. The first-order chi connectivity index (χ1) is 16.2. The van der Waals surface area contributed by atoms with Gasteiger partial charge in [-0.2, -0.15) is 0 Å². The molecular formula is C25H26ClN3O2S2. The molecular weight excluding hydrogens is 474 g/mol. The molecule has 3 heterocycles.